The number of aliphatic hydroxyl groups is 1. The third kappa shape index (κ3) is 3.02. The fraction of sp³-hybridized carbons (Fsp3) is 0.182. The van der Waals surface area contributed by atoms with Gasteiger partial charge < -0.3 is 5.11 Å². The Hall–Kier alpha value is -1.99. The number of nitrogens with one attached hydrogen (secondary N) is 2. The van der Waals surface area contributed by atoms with Crippen LogP contribution < -0.4 is 10.9 Å². The molecule has 0 radical (unpaired) electrons. The van der Waals surface area contributed by atoms with E-state index < -0.39 is 5.95 Å². The first-order valence-corrected chi connectivity index (χ1v) is 5.33. The van der Waals surface area contributed by atoms with Crippen LogP contribution >= 0.6 is 0 Å². The van der Waals surface area contributed by atoms with Gasteiger partial charge in [-0.15, -0.1) is 0 Å². The zero-order chi connectivity index (χ0) is 13.0. The Bertz CT molecular complexity index is 490. The van der Waals surface area contributed by atoms with Gasteiger partial charge in [-0.25, -0.2) is 10.4 Å². The quantitative estimate of drug-likeness (QED) is 0.561. The average Bonchev–Trinajstić information content (AvgIpc) is 2.30. The molecule has 1 aromatic rings. The lowest BCUT2D eigenvalue weighted by atomic mass is 10.1. The molecule has 3 N–H and O–H groups in total. The molecule has 0 aliphatic carbocycles. The van der Waals surface area contributed by atoms with Crippen LogP contribution in [0, 0.1) is 0 Å². The number of amidine groups is 1. The van der Waals surface area contributed by atoms with Crippen molar-refractivity contribution < 1.29 is 14.0 Å². The summed E-state index contributed by atoms with van der Waals surface area (Å²) >= 11 is 0. The fourth-order valence-electron chi connectivity index (χ4n) is 1.55. The summed E-state index contributed by atoms with van der Waals surface area (Å²) in [4.78, 5) is 4.09. The molecular formula is C11H12F2N4O. The topological polar surface area (TPSA) is 59.9 Å². The van der Waals surface area contributed by atoms with Crippen molar-refractivity contribution in [3.63, 3.8) is 0 Å². The maximum Gasteiger partial charge on any atom is 0.208 e. The van der Waals surface area contributed by atoms with Gasteiger partial charge >= 0.3 is 0 Å². The standard InChI is InChI=1S/C11H12F2N4O/c12-10-7-11(16-17(13)15-10)14-9-4-2-1-3-8(9)5-6-18/h1-4,7,15,18H,5-6H2,(H,14,16). The molecule has 2 rings (SSSR count). The maximum absolute atomic E-state index is 12.9. The molecule has 18 heavy (non-hydrogen) atoms. The third-order valence-corrected chi connectivity index (χ3v) is 2.29. The van der Waals surface area contributed by atoms with E-state index in [1.54, 1.807) is 23.6 Å². The molecule has 1 heterocycles. The Morgan fingerprint density at radius 1 is 1.28 bits per heavy atom. The molecule has 0 unspecified atom stereocenters. The number of hydrazine groups is 2. The average molecular weight is 254 g/mol. The van der Waals surface area contributed by atoms with Gasteiger partial charge in [-0.2, -0.15) is 4.39 Å². The Kier molecular flexibility index (Phi) is 3.85. The molecule has 0 bridgehead atoms. The number of para-hydroxylation sites is 1. The SMILES string of the molecule is OCCc1ccccc1N=C1C=C(F)NN(F)N1. The first kappa shape index (κ1) is 12.5. The molecule has 7 heteroatoms. The van der Waals surface area contributed by atoms with Gasteiger partial charge in [-0.1, -0.05) is 22.7 Å². The minimum atomic E-state index is -0.852. The normalized spacial score (nSPS) is 18.2. The molecule has 5 nitrogen and oxygen atoms in total. The zero-order valence-electron chi connectivity index (χ0n) is 9.40. The highest BCUT2D eigenvalue weighted by molar-refractivity contribution is 5.95. The van der Waals surface area contributed by atoms with E-state index in [-0.39, 0.29) is 17.8 Å². The van der Waals surface area contributed by atoms with Crippen LogP contribution in [-0.2, 0) is 6.42 Å². The van der Waals surface area contributed by atoms with E-state index in [1.807, 2.05) is 6.07 Å². The van der Waals surface area contributed by atoms with Crippen molar-refractivity contribution >= 4 is 11.5 Å². The largest absolute Gasteiger partial charge is 0.396 e. The Morgan fingerprint density at radius 2 is 2.06 bits per heavy atom. The van der Waals surface area contributed by atoms with E-state index >= 15 is 0 Å². The summed E-state index contributed by atoms with van der Waals surface area (Å²) in [5, 5.41) is 8.80. The first-order valence-electron chi connectivity index (χ1n) is 5.33. The smallest absolute Gasteiger partial charge is 0.208 e. The van der Waals surface area contributed by atoms with E-state index in [4.69, 9.17) is 5.11 Å². The summed E-state index contributed by atoms with van der Waals surface area (Å²) in [6.07, 6.45) is 1.46. The van der Waals surface area contributed by atoms with Crippen LogP contribution in [0.15, 0.2) is 41.3 Å². The van der Waals surface area contributed by atoms with Gasteiger partial charge in [0.1, 0.15) is 5.84 Å². The summed E-state index contributed by atoms with van der Waals surface area (Å²) in [6, 6.07) is 7.07. The molecular weight excluding hydrogens is 242 g/mol. The third-order valence-electron chi connectivity index (χ3n) is 2.29. The van der Waals surface area contributed by atoms with Gasteiger partial charge in [0.2, 0.25) is 5.95 Å². The Labute approximate surface area is 102 Å². The second kappa shape index (κ2) is 5.56. The van der Waals surface area contributed by atoms with E-state index in [2.05, 4.69) is 10.4 Å². The van der Waals surface area contributed by atoms with E-state index in [1.165, 1.54) is 0 Å². The lowest BCUT2D eigenvalue weighted by molar-refractivity contribution is -0.0612. The molecule has 0 saturated heterocycles. The molecule has 0 fully saturated rings. The summed E-state index contributed by atoms with van der Waals surface area (Å²) < 4.78 is 25.8. The van der Waals surface area contributed by atoms with Crippen molar-refractivity contribution in [2.24, 2.45) is 4.99 Å². The van der Waals surface area contributed by atoms with Crippen LogP contribution in [0.25, 0.3) is 0 Å². The molecule has 96 valence electrons. The highest BCUT2D eigenvalue weighted by Gasteiger charge is 2.14. The highest BCUT2D eigenvalue weighted by atomic mass is 19.2. The summed E-state index contributed by atoms with van der Waals surface area (Å²) in [5.41, 5.74) is 5.30. The lowest BCUT2D eigenvalue weighted by Crippen LogP contribution is -2.47. The van der Waals surface area contributed by atoms with E-state index in [0.29, 0.717) is 12.1 Å². The van der Waals surface area contributed by atoms with Gasteiger partial charge in [-0.05, 0) is 18.1 Å². The second-order valence-electron chi connectivity index (χ2n) is 3.60. The van der Waals surface area contributed by atoms with Gasteiger partial charge in [0.05, 0.1) is 5.69 Å². The Morgan fingerprint density at radius 3 is 2.78 bits per heavy atom. The van der Waals surface area contributed by atoms with Gasteiger partial charge in [0.25, 0.3) is 0 Å². The maximum atomic E-state index is 12.9. The van der Waals surface area contributed by atoms with Crippen LogP contribution in [-0.4, -0.2) is 22.9 Å². The number of benzene rings is 1. The second-order valence-corrected chi connectivity index (χ2v) is 3.60. The summed E-state index contributed by atoms with van der Waals surface area (Å²) in [6.45, 7) is -0.0176. The number of hydrogen-bond donors (Lipinski definition) is 3. The molecule has 1 aromatic carbocycles. The minimum absolute atomic E-state index is 0.0176. The number of hydrogen-bond acceptors (Lipinski definition) is 4. The van der Waals surface area contributed by atoms with Crippen molar-refractivity contribution in [2.75, 3.05) is 6.61 Å². The lowest BCUT2D eigenvalue weighted by Gasteiger charge is -2.19. The van der Waals surface area contributed by atoms with Crippen molar-refractivity contribution in [3.8, 4) is 0 Å². The fourth-order valence-corrected chi connectivity index (χ4v) is 1.55. The number of aliphatic hydroxyl groups excluding tert-OH is 1. The van der Waals surface area contributed by atoms with Crippen LogP contribution in [0.2, 0.25) is 0 Å². The predicted molar refractivity (Wildman–Crippen MR) is 62.7 cm³/mol. The van der Waals surface area contributed by atoms with Crippen LogP contribution in [0.4, 0.5) is 14.6 Å². The van der Waals surface area contributed by atoms with Crippen molar-refractivity contribution in [3.05, 3.63) is 41.9 Å². The van der Waals surface area contributed by atoms with Crippen LogP contribution in [0.3, 0.4) is 0 Å². The highest BCUT2D eigenvalue weighted by Crippen LogP contribution is 2.19. The molecule has 0 aromatic heterocycles. The van der Waals surface area contributed by atoms with E-state index in [9.17, 15) is 8.87 Å². The van der Waals surface area contributed by atoms with Crippen molar-refractivity contribution in [2.45, 2.75) is 6.42 Å². The van der Waals surface area contributed by atoms with Gasteiger partial charge in [0.15, 0.2) is 0 Å². The summed E-state index contributed by atoms with van der Waals surface area (Å²) in [7, 11) is 0. The Balaban J connectivity index is 2.29. The number of aliphatic imine (C=N–C) groups is 1. The molecule has 1 aliphatic heterocycles. The zero-order valence-corrected chi connectivity index (χ0v) is 9.40. The van der Waals surface area contributed by atoms with Gasteiger partial charge in [0, 0.05) is 18.0 Å². The van der Waals surface area contributed by atoms with E-state index in [0.717, 1.165) is 11.6 Å². The molecule has 0 spiro atoms. The monoisotopic (exact) mass is 254 g/mol. The first-order chi connectivity index (χ1) is 8.69. The van der Waals surface area contributed by atoms with Crippen molar-refractivity contribution in [1.82, 2.24) is 16.2 Å². The number of halogens is 2. The van der Waals surface area contributed by atoms with Gasteiger partial charge in [-0.3, -0.25) is 5.43 Å². The van der Waals surface area contributed by atoms with Crippen molar-refractivity contribution in [1.29, 1.82) is 0 Å². The number of nitrogens with zero attached hydrogens (tertiary/aromatic N) is 2. The summed E-state index contributed by atoms with van der Waals surface area (Å²) in [5.74, 6) is -0.825. The molecule has 0 amide bonds. The predicted octanol–water partition coefficient (Wildman–Crippen LogP) is 1.27. The molecule has 1 aliphatic rings. The molecule has 0 atom stereocenters. The number of rotatable bonds is 3. The van der Waals surface area contributed by atoms with Crippen LogP contribution in [0.5, 0.6) is 0 Å². The molecule has 0 saturated carbocycles. The van der Waals surface area contributed by atoms with Crippen LogP contribution in [0.1, 0.15) is 5.56 Å². The minimum Gasteiger partial charge on any atom is -0.396 e.